The van der Waals surface area contributed by atoms with Crippen molar-refractivity contribution in [2.75, 3.05) is 19.6 Å². The number of thiophene rings is 1. The van der Waals surface area contributed by atoms with E-state index in [4.69, 9.17) is 0 Å². The minimum absolute atomic E-state index is 0.252. The Morgan fingerprint density at radius 3 is 2.86 bits per heavy atom. The van der Waals surface area contributed by atoms with Gasteiger partial charge >= 0.3 is 0 Å². The number of hydrogen-bond donors (Lipinski definition) is 0. The molecule has 0 spiro atoms. The molecule has 4 rings (SSSR count). The van der Waals surface area contributed by atoms with Gasteiger partial charge in [-0.1, -0.05) is 19.3 Å². The lowest BCUT2D eigenvalue weighted by Gasteiger charge is -2.32. The first-order valence-electron chi connectivity index (χ1n) is 8.89. The van der Waals surface area contributed by atoms with Gasteiger partial charge < -0.3 is 4.90 Å². The number of rotatable bonds is 2. The topological polar surface area (TPSA) is 23.6 Å². The SMILES string of the molecule is O=C(C1CCN(C2CCCCC2)C1)N1CCc2sccc2C1. The Morgan fingerprint density at radius 1 is 1.14 bits per heavy atom. The molecule has 2 aliphatic heterocycles. The van der Waals surface area contributed by atoms with Crippen LogP contribution in [0.4, 0.5) is 0 Å². The molecule has 1 unspecified atom stereocenters. The first-order chi connectivity index (χ1) is 10.8. The highest BCUT2D eigenvalue weighted by atomic mass is 32.1. The van der Waals surface area contributed by atoms with Crippen molar-refractivity contribution >= 4 is 17.2 Å². The van der Waals surface area contributed by atoms with Gasteiger partial charge in [0.1, 0.15) is 0 Å². The van der Waals surface area contributed by atoms with Crippen molar-refractivity contribution in [2.24, 2.45) is 5.92 Å². The molecule has 1 aliphatic carbocycles. The summed E-state index contributed by atoms with van der Waals surface area (Å²) in [6.07, 6.45) is 9.00. The molecule has 1 saturated carbocycles. The molecule has 1 atom stereocenters. The van der Waals surface area contributed by atoms with Crippen LogP contribution in [0.3, 0.4) is 0 Å². The Kier molecular flexibility index (Phi) is 4.23. The van der Waals surface area contributed by atoms with Crippen molar-refractivity contribution in [1.82, 2.24) is 9.80 Å². The van der Waals surface area contributed by atoms with Crippen LogP contribution in [0, 0.1) is 5.92 Å². The molecule has 1 aromatic rings. The molecule has 22 heavy (non-hydrogen) atoms. The third-order valence-electron chi connectivity index (χ3n) is 5.78. The molecular formula is C18H26N2OS. The molecule has 0 radical (unpaired) electrons. The van der Waals surface area contributed by atoms with E-state index >= 15 is 0 Å². The summed E-state index contributed by atoms with van der Waals surface area (Å²) in [5.41, 5.74) is 1.38. The van der Waals surface area contributed by atoms with Crippen molar-refractivity contribution in [3.05, 3.63) is 21.9 Å². The van der Waals surface area contributed by atoms with Gasteiger partial charge in [-0.25, -0.2) is 0 Å². The molecule has 3 nitrogen and oxygen atoms in total. The normalized spacial score (nSPS) is 27.1. The maximum atomic E-state index is 12.9. The van der Waals surface area contributed by atoms with Crippen LogP contribution in [0.2, 0.25) is 0 Å². The summed E-state index contributed by atoms with van der Waals surface area (Å²) in [6.45, 7) is 3.92. The molecule has 0 N–H and O–H groups in total. The minimum Gasteiger partial charge on any atom is -0.338 e. The zero-order valence-corrected chi connectivity index (χ0v) is 14.1. The van der Waals surface area contributed by atoms with Gasteiger partial charge in [0, 0.05) is 30.6 Å². The van der Waals surface area contributed by atoms with Crippen LogP contribution in [0.15, 0.2) is 11.4 Å². The fourth-order valence-corrected chi connectivity index (χ4v) is 5.35. The fraction of sp³-hybridized carbons (Fsp3) is 0.722. The Labute approximate surface area is 137 Å². The average molecular weight is 318 g/mol. The van der Waals surface area contributed by atoms with Gasteiger partial charge in [-0.3, -0.25) is 9.69 Å². The van der Waals surface area contributed by atoms with Crippen LogP contribution >= 0.6 is 11.3 Å². The lowest BCUT2D eigenvalue weighted by atomic mass is 9.94. The maximum absolute atomic E-state index is 12.9. The zero-order chi connectivity index (χ0) is 14.9. The van der Waals surface area contributed by atoms with E-state index in [-0.39, 0.29) is 5.92 Å². The van der Waals surface area contributed by atoms with Crippen molar-refractivity contribution in [2.45, 2.75) is 57.5 Å². The van der Waals surface area contributed by atoms with Crippen LogP contribution < -0.4 is 0 Å². The van der Waals surface area contributed by atoms with E-state index in [1.165, 1.54) is 42.5 Å². The molecule has 0 aromatic carbocycles. The molecule has 1 aromatic heterocycles. The monoisotopic (exact) mass is 318 g/mol. The molecule has 120 valence electrons. The van der Waals surface area contributed by atoms with E-state index in [9.17, 15) is 4.79 Å². The molecule has 3 heterocycles. The molecule has 2 fully saturated rings. The number of fused-ring (bicyclic) bond motifs is 1. The van der Waals surface area contributed by atoms with Gasteiger partial charge in [0.25, 0.3) is 0 Å². The second-order valence-corrected chi connectivity index (χ2v) is 8.15. The van der Waals surface area contributed by atoms with E-state index in [2.05, 4.69) is 21.2 Å². The first kappa shape index (κ1) is 14.7. The van der Waals surface area contributed by atoms with E-state index < -0.39 is 0 Å². The summed E-state index contributed by atoms with van der Waals surface area (Å²) in [7, 11) is 0. The summed E-state index contributed by atoms with van der Waals surface area (Å²) in [4.78, 5) is 19.1. The molecule has 4 heteroatoms. The van der Waals surface area contributed by atoms with Crippen LogP contribution in [-0.2, 0) is 17.8 Å². The largest absolute Gasteiger partial charge is 0.338 e. The third-order valence-corrected chi connectivity index (χ3v) is 6.80. The highest BCUT2D eigenvalue weighted by Crippen LogP contribution is 2.30. The molecular weight excluding hydrogens is 292 g/mol. The van der Waals surface area contributed by atoms with Gasteiger partial charge in [0.15, 0.2) is 0 Å². The predicted octanol–water partition coefficient (Wildman–Crippen LogP) is 3.29. The van der Waals surface area contributed by atoms with E-state index in [0.29, 0.717) is 5.91 Å². The second kappa shape index (κ2) is 6.32. The number of likely N-dealkylation sites (tertiary alicyclic amines) is 1. The van der Waals surface area contributed by atoms with Crippen LogP contribution in [-0.4, -0.2) is 41.4 Å². The quantitative estimate of drug-likeness (QED) is 0.835. The summed E-state index contributed by atoms with van der Waals surface area (Å²) >= 11 is 1.84. The molecule has 3 aliphatic rings. The Bertz CT molecular complexity index is 535. The predicted molar refractivity (Wildman–Crippen MR) is 90.0 cm³/mol. The third kappa shape index (κ3) is 2.83. The minimum atomic E-state index is 0.252. The van der Waals surface area contributed by atoms with Crippen molar-refractivity contribution < 1.29 is 4.79 Å². The van der Waals surface area contributed by atoms with Crippen LogP contribution in [0.5, 0.6) is 0 Å². The highest BCUT2D eigenvalue weighted by molar-refractivity contribution is 7.10. The number of nitrogens with zero attached hydrogens (tertiary/aromatic N) is 2. The zero-order valence-electron chi connectivity index (χ0n) is 13.3. The van der Waals surface area contributed by atoms with Gasteiger partial charge in [-0.05, 0) is 49.2 Å². The molecule has 0 bridgehead atoms. The van der Waals surface area contributed by atoms with Gasteiger partial charge in [-0.15, -0.1) is 11.3 Å². The second-order valence-electron chi connectivity index (χ2n) is 7.15. The maximum Gasteiger partial charge on any atom is 0.227 e. The molecule has 1 saturated heterocycles. The summed E-state index contributed by atoms with van der Waals surface area (Å²) in [6, 6.07) is 2.96. The van der Waals surface area contributed by atoms with E-state index in [1.807, 2.05) is 11.3 Å². The number of amides is 1. The first-order valence-corrected chi connectivity index (χ1v) is 9.77. The van der Waals surface area contributed by atoms with Crippen molar-refractivity contribution in [3.8, 4) is 0 Å². The number of carbonyl (C=O) groups is 1. The van der Waals surface area contributed by atoms with Gasteiger partial charge in [0.05, 0.1) is 5.92 Å². The van der Waals surface area contributed by atoms with Gasteiger partial charge in [-0.2, -0.15) is 0 Å². The average Bonchev–Trinajstić information content (AvgIpc) is 3.23. The van der Waals surface area contributed by atoms with E-state index in [1.54, 1.807) is 0 Å². The van der Waals surface area contributed by atoms with Crippen molar-refractivity contribution in [1.29, 1.82) is 0 Å². The Balaban J connectivity index is 1.36. The number of hydrogen-bond acceptors (Lipinski definition) is 3. The summed E-state index contributed by atoms with van der Waals surface area (Å²) < 4.78 is 0. The lowest BCUT2D eigenvalue weighted by molar-refractivity contribution is -0.136. The lowest BCUT2D eigenvalue weighted by Crippen LogP contribution is -2.41. The highest BCUT2D eigenvalue weighted by Gasteiger charge is 2.35. The fourth-order valence-electron chi connectivity index (χ4n) is 4.46. The summed E-state index contributed by atoms with van der Waals surface area (Å²) in [5.74, 6) is 0.664. The smallest absolute Gasteiger partial charge is 0.227 e. The van der Waals surface area contributed by atoms with Crippen LogP contribution in [0.25, 0.3) is 0 Å². The van der Waals surface area contributed by atoms with Gasteiger partial charge in [0.2, 0.25) is 5.91 Å². The van der Waals surface area contributed by atoms with Crippen LogP contribution in [0.1, 0.15) is 49.0 Å². The van der Waals surface area contributed by atoms with Crippen molar-refractivity contribution in [3.63, 3.8) is 0 Å². The Hall–Kier alpha value is -0.870. The number of carbonyl (C=O) groups excluding carboxylic acids is 1. The molecule has 1 amide bonds. The van der Waals surface area contributed by atoms with E-state index in [0.717, 1.165) is 45.1 Å². The summed E-state index contributed by atoms with van der Waals surface area (Å²) in [5, 5.41) is 2.17. The standard InChI is InChI=1S/C18H26N2OS/c21-18(20-10-7-17-14(12-20)8-11-22-17)15-6-9-19(13-15)16-4-2-1-3-5-16/h8,11,15-16H,1-7,9-10,12-13H2. The Morgan fingerprint density at radius 2 is 2.00 bits per heavy atom.